The molecule has 0 bridgehead atoms. The van der Waals surface area contributed by atoms with Gasteiger partial charge in [-0.05, 0) is 20.8 Å². The monoisotopic (exact) mass is 245 g/mol. The maximum absolute atomic E-state index is 11.0. The third-order valence-electron chi connectivity index (χ3n) is 2.74. The molecule has 0 saturated carbocycles. The Hall–Kier alpha value is -1.10. The van der Waals surface area contributed by atoms with Crippen LogP contribution in [0.3, 0.4) is 0 Å². The van der Waals surface area contributed by atoms with Crippen LogP contribution in [0.4, 0.5) is 5.69 Å². The summed E-state index contributed by atoms with van der Waals surface area (Å²) in [5.41, 5.74) is 1.17. The number of hydrogen-bond donors (Lipinski definition) is 0. The highest BCUT2D eigenvalue weighted by Gasteiger charge is 2.30. The molecule has 0 aromatic carbocycles. The first kappa shape index (κ1) is 13.0. The fourth-order valence-corrected chi connectivity index (χ4v) is 1.84. The molecule has 0 fully saturated rings. The zero-order valence-corrected chi connectivity index (χ0v) is 10.7. The molecule has 0 N–H and O–H groups in total. The second kappa shape index (κ2) is 4.82. The quantitative estimate of drug-likeness (QED) is 0.466. The van der Waals surface area contributed by atoms with E-state index in [2.05, 4.69) is 5.10 Å². The normalized spacial score (nSPS) is 14.8. The van der Waals surface area contributed by atoms with Crippen LogP contribution in [0.2, 0.25) is 0 Å². The zero-order valence-electron chi connectivity index (χ0n) is 9.90. The molecule has 0 aliphatic rings. The first-order valence-electron chi connectivity index (χ1n) is 5.25. The van der Waals surface area contributed by atoms with Crippen molar-refractivity contribution in [3.05, 3.63) is 21.5 Å². The Morgan fingerprint density at radius 2 is 2.12 bits per heavy atom. The maximum atomic E-state index is 11.0. The minimum Gasteiger partial charge on any atom is -0.262 e. The molecule has 0 saturated heterocycles. The van der Waals surface area contributed by atoms with Crippen molar-refractivity contribution in [1.29, 1.82) is 0 Å². The number of halogens is 1. The molecule has 5 nitrogen and oxygen atoms in total. The lowest BCUT2D eigenvalue weighted by Crippen LogP contribution is -2.13. The fraction of sp³-hybridized carbons (Fsp3) is 0.700. The molecule has 6 heteroatoms. The summed E-state index contributed by atoms with van der Waals surface area (Å²) in [6, 6.07) is 0. The molecular weight excluding hydrogens is 230 g/mol. The van der Waals surface area contributed by atoms with E-state index >= 15 is 0 Å². The summed E-state index contributed by atoms with van der Waals surface area (Å²) in [6.07, 6.45) is 0. The van der Waals surface area contributed by atoms with E-state index in [4.69, 9.17) is 11.6 Å². The van der Waals surface area contributed by atoms with Crippen LogP contribution >= 0.6 is 11.6 Å². The Bertz CT molecular complexity index is 401. The van der Waals surface area contributed by atoms with Crippen LogP contribution in [0.15, 0.2) is 0 Å². The van der Waals surface area contributed by atoms with Crippen LogP contribution in [-0.4, -0.2) is 20.1 Å². The molecule has 1 rings (SSSR count). The third kappa shape index (κ3) is 2.19. The number of aryl methyl sites for hydroxylation is 2. The highest BCUT2D eigenvalue weighted by Crippen LogP contribution is 2.33. The molecule has 16 heavy (non-hydrogen) atoms. The smallest absolute Gasteiger partial charge is 0.262 e. The number of hydrogen-bond acceptors (Lipinski definition) is 3. The van der Waals surface area contributed by atoms with Crippen LogP contribution in [0.5, 0.6) is 0 Å². The van der Waals surface area contributed by atoms with Crippen molar-refractivity contribution in [2.24, 2.45) is 0 Å². The molecule has 1 heterocycles. The Morgan fingerprint density at radius 3 is 2.50 bits per heavy atom. The first-order chi connectivity index (χ1) is 7.40. The van der Waals surface area contributed by atoms with Crippen molar-refractivity contribution in [1.82, 2.24) is 9.78 Å². The van der Waals surface area contributed by atoms with Crippen LogP contribution < -0.4 is 0 Å². The summed E-state index contributed by atoms with van der Waals surface area (Å²) in [5, 5.41) is 15.0. The van der Waals surface area contributed by atoms with Gasteiger partial charge in [0.2, 0.25) is 0 Å². The molecule has 0 amide bonds. The van der Waals surface area contributed by atoms with Crippen molar-refractivity contribution < 1.29 is 4.92 Å². The lowest BCUT2D eigenvalue weighted by atomic mass is 10.0. The van der Waals surface area contributed by atoms with Gasteiger partial charge in [0.05, 0.1) is 4.92 Å². The molecule has 90 valence electrons. The summed E-state index contributed by atoms with van der Waals surface area (Å²) in [5.74, 6) is -0.0942. The van der Waals surface area contributed by atoms with E-state index in [-0.39, 0.29) is 21.9 Å². The van der Waals surface area contributed by atoms with E-state index in [0.717, 1.165) is 0 Å². The standard InChI is InChI=1S/C10H16ClN3O2/c1-5-13-9(6(2)7(3)11)10(14(15)16)8(4)12-13/h6-7H,5H2,1-4H3. The van der Waals surface area contributed by atoms with Gasteiger partial charge in [-0.25, -0.2) is 0 Å². The van der Waals surface area contributed by atoms with E-state index in [0.29, 0.717) is 17.9 Å². The predicted molar refractivity (Wildman–Crippen MR) is 63.0 cm³/mol. The summed E-state index contributed by atoms with van der Waals surface area (Å²) in [6.45, 7) is 7.88. The lowest BCUT2D eigenvalue weighted by Gasteiger charge is -2.14. The Balaban J connectivity index is 3.37. The second-order valence-electron chi connectivity index (χ2n) is 3.86. The summed E-state index contributed by atoms with van der Waals surface area (Å²) in [7, 11) is 0. The highest BCUT2D eigenvalue weighted by molar-refractivity contribution is 6.20. The molecule has 0 spiro atoms. The Labute approximate surface area is 99.5 Å². The minimum absolute atomic E-state index is 0.0942. The van der Waals surface area contributed by atoms with Crippen molar-refractivity contribution in [2.75, 3.05) is 0 Å². The van der Waals surface area contributed by atoms with Crippen molar-refractivity contribution in [2.45, 2.75) is 45.5 Å². The van der Waals surface area contributed by atoms with Crippen molar-refractivity contribution >= 4 is 17.3 Å². The van der Waals surface area contributed by atoms with Crippen LogP contribution in [0.1, 0.15) is 38.1 Å². The molecule has 0 aliphatic carbocycles. The molecule has 0 aliphatic heterocycles. The van der Waals surface area contributed by atoms with E-state index in [1.54, 1.807) is 11.6 Å². The molecular formula is C10H16ClN3O2. The van der Waals surface area contributed by atoms with Gasteiger partial charge in [-0.3, -0.25) is 14.8 Å². The lowest BCUT2D eigenvalue weighted by molar-refractivity contribution is -0.386. The highest BCUT2D eigenvalue weighted by atomic mass is 35.5. The van der Waals surface area contributed by atoms with Crippen molar-refractivity contribution in [3.63, 3.8) is 0 Å². The number of nitro groups is 1. The number of aromatic nitrogens is 2. The Kier molecular flexibility index (Phi) is 3.91. The molecule has 1 aromatic rings. The third-order valence-corrected chi connectivity index (χ3v) is 3.11. The zero-order chi connectivity index (χ0) is 12.5. The van der Waals surface area contributed by atoms with Gasteiger partial charge < -0.3 is 0 Å². The maximum Gasteiger partial charge on any atom is 0.313 e. The van der Waals surface area contributed by atoms with Gasteiger partial charge in [0.15, 0.2) is 0 Å². The van der Waals surface area contributed by atoms with E-state index in [1.807, 2.05) is 20.8 Å². The minimum atomic E-state index is -0.375. The SMILES string of the molecule is CCn1nc(C)c([N+](=O)[O-])c1C(C)C(C)Cl. The van der Waals surface area contributed by atoms with E-state index < -0.39 is 0 Å². The van der Waals surface area contributed by atoms with Gasteiger partial charge in [-0.1, -0.05) is 6.92 Å². The van der Waals surface area contributed by atoms with E-state index in [1.165, 1.54) is 0 Å². The van der Waals surface area contributed by atoms with E-state index in [9.17, 15) is 10.1 Å². The number of alkyl halides is 1. The molecule has 2 atom stereocenters. The fourth-order valence-electron chi connectivity index (χ4n) is 1.72. The van der Waals surface area contributed by atoms with Gasteiger partial charge in [0.25, 0.3) is 0 Å². The summed E-state index contributed by atoms with van der Waals surface area (Å²) >= 11 is 6.01. The van der Waals surface area contributed by atoms with Gasteiger partial charge in [0.1, 0.15) is 11.4 Å². The van der Waals surface area contributed by atoms with Crippen LogP contribution in [0, 0.1) is 17.0 Å². The topological polar surface area (TPSA) is 61.0 Å². The van der Waals surface area contributed by atoms with Crippen LogP contribution in [-0.2, 0) is 6.54 Å². The summed E-state index contributed by atoms with van der Waals surface area (Å²) in [4.78, 5) is 10.6. The van der Waals surface area contributed by atoms with Crippen LogP contribution in [0.25, 0.3) is 0 Å². The average Bonchev–Trinajstić information content (AvgIpc) is 2.53. The summed E-state index contributed by atoms with van der Waals surface area (Å²) < 4.78 is 1.66. The van der Waals surface area contributed by atoms with Gasteiger partial charge >= 0.3 is 5.69 Å². The van der Waals surface area contributed by atoms with Gasteiger partial charge in [0, 0.05) is 17.8 Å². The number of nitrogens with zero attached hydrogens (tertiary/aromatic N) is 3. The number of rotatable bonds is 4. The molecule has 0 radical (unpaired) electrons. The largest absolute Gasteiger partial charge is 0.313 e. The van der Waals surface area contributed by atoms with Gasteiger partial charge in [-0.2, -0.15) is 5.10 Å². The first-order valence-corrected chi connectivity index (χ1v) is 5.69. The average molecular weight is 246 g/mol. The second-order valence-corrected chi connectivity index (χ2v) is 4.55. The molecule has 2 unspecified atom stereocenters. The Morgan fingerprint density at radius 1 is 1.56 bits per heavy atom. The molecule has 1 aromatic heterocycles. The predicted octanol–water partition coefficient (Wildman–Crippen LogP) is 2.85. The van der Waals surface area contributed by atoms with Gasteiger partial charge in [-0.15, -0.1) is 11.6 Å². The van der Waals surface area contributed by atoms with Crippen molar-refractivity contribution in [3.8, 4) is 0 Å².